The second-order valence-electron chi connectivity index (χ2n) is 5.95. The molecule has 4 heteroatoms. The summed E-state index contributed by atoms with van der Waals surface area (Å²) < 4.78 is 1.06. The van der Waals surface area contributed by atoms with Gasteiger partial charge in [-0.15, -0.1) is 0 Å². The van der Waals surface area contributed by atoms with Crippen LogP contribution in [0.5, 0.6) is 0 Å². The van der Waals surface area contributed by atoms with Crippen molar-refractivity contribution in [1.82, 2.24) is 4.90 Å². The van der Waals surface area contributed by atoms with Crippen molar-refractivity contribution in [3.05, 3.63) is 34.3 Å². The maximum Gasteiger partial charge on any atom is 0.310 e. The molecular formula is C16H22BrNO2. The van der Waals surface area contributed by atoms with Crippen molar-refractivity contribution in [2.75, 3.05) is 13.6 Å². The van der Waals surface area contributed by atoms with Crippen LogP contribution in [-0.2, 0) is 11.3 Å². The number of rotatable bonds is 5. The molecular weight excluding hydrogens is 318 g/mol. The molecule has 3 nitrogen and oxygen atoms in total. The van der Waals surface area contributed by atoms with Crippen LogP contribution in [0.3, 0.4) is 0 Å². The Balaban J connectivity index is 2.01. The van der Waals surface area contributed by atoms with Gasteiger partial charge in [-0.1, -0.05) is 47.3 Å². The maximum absolute atomic E-state index is 11.7. The van der Waals surface area contributed by atoms with Crippen molar-refractivity contribution in [3.8, 4) is 0 Å². The van der Waals surface area contributed by atoms with Gasteiger partial charge in [-0.25, -0.2) is 0 Å². The van der Waals surface area contributed by atoms with Crippen molar-refractivity contribution >= 4 is 21.9 Å². The van der Waals surface area contributed by atoms with E-state index >= 15 is 0 Å². The van der Waals surface area contributed by atoms with Crippen LogP contribution in [0.2, 0.25) is 0 Å². The first-order chi connectivity index (χ1) is 9.52. The summed E-state index contributed by atoms with van der Waals surface area (Å²) in [7, 11) is 2.01. The minimum atomic E-state index is -0.627. The topological polar surface area (TPSA) is 40.5 Å². The molecule has 1 aromatic rings. The number of carboxylic acids is 1. The van der Waals surface area contributed by atoms with Gasteiger partial charge in [0.05, 0.1) is 5.41 Å². The third-order valence-electron chi connectivity index (χ3n) is 4.18. The number of carbonyl (C=O) groups is 1. The Morgan fingerprint density at radius 2 is 2.05 bits per heavy atom. The van der Waals surface area contributed by atoms with Gasteiger partial charge < -0.3 is 10.0 Å². The lowest BCUT2D eigenvalue weighted by atomic mass is 9.73. The lowest BCUT2D eigenvalue weighted by Gasteiger charge is -2.36. The van der Waals surface area contributed by atoms with E-state index in [1.54, 1.807) is 0 Å². The van der Waals surface area contributed by atoms with E-state index in [1.807, 2.05) is 19.2 Å². The monoisotopic (exact) mass is 339 g/mol. The van der Waals surface area contributed by atoms with Crippen molar-refractivity contribution in [3.63, 3.8) is 0 Å². The Kier molecular flexibility index (Phi) is 5.22. The number of hydrogen-bond acceptors (Lipinski definition) is 2. The normalized spacial score (nSPS) is 18.1. The lowest BCUT2D eigenvalue weighted by Crippen LogP contribution is -2.43. The van der Waals surface area contributed by atoms with Crippen molar-refractivity contribution in [1.29, 1.82) is 0 Å². The Morgan fingerprint density at radius 1 is 1.35 bits per heavy atom. The van der Waals surface area contributed by atoms with E-state index in [2.05, 4.69) is 33.0 Å². The van der Waals surface area contributed by atoms with Crippen LogP contribution < -0.4 is 0 Å². The highest BCUT2D eigenvalue weighted by Gasteiger charge is 2.40. The largest absolute Gasteiger partial charge is 0.481 e. The van der Waals surface area contributed by atoms with E-state index in [0.29, 0.717) is 6.54 Å². The fourth-order valence-corrected chi connectivity index (χ4v) is 3.63. The van der Waals surface area contributed by atoms with Gasteiger partial charge in [0.15, 0.2) is 0 Å². The molecule has 1 N–H and O–H groups in total. The van der Waals surface area contributed by atoms with Crippen LogP contribution in [0.25, 0.3) is 0 Å². The van der Waals surface area contributed by atoms with E-state index in [0.717, 1.165) is 36.7 Å². The Labute approximate surface area is 129 Å². The molecule has 0 saturated heterocycles. The Hall–Kier alpha value is -0.870. The fourth-order valence-electron chi connectivity index (χ4n) is 3.19. The molecule has 0 amide bonds. The number of halogens is 1. The third-order valence-corrected chi connectivity index (χ3v) is 4.67. The molecule has 1 aliphatic carbocycles. The van der Waals surface area contributed by atoms with Gasteiger partial charge in [0.1, 0.15) is 0 Å². The van der Waals surface area contributed by atoms with Gasteiger partial charge in [0.25, 0.3) is 0 Å². The predicted octanol–water partition coefficient (Wildman–Crippen LogP) is 3.92. The highest BCUT2D eigenvalue weighted by Crippen LogP contribution is 2.37. The highest BCUT2D eigenvalue weighted by molar-refractivity contribution is 9.10. The van der Waals surface area contributed by atoms with Crippen LogP contribution >= 0.6 is 15.9 Å². The summed E-state index contributed by atoms with van der Waals surface area (Å²) >= 11 is 3.47. The summed E-state index contributed by atoms with van der Waals surface area (Å²) in [4.78, 5) is 13.8. The molecule has 0 spiro atoms. The summed E-state index contributed by atoms with van der Waals surface area (Å²) in [5.41, 5.74) is 0.664. The molecule has 20 heavy (non-hydrogen) atoms. The zero-order valence-electron chi connectivity index (χ0n) is 11.9. The molecule has 0 aliphatic heterocycles. The van der Waals surface area contributed by atoms with E-state index < -0.39 is 11.4 Å². The molecule has 1 fully saturated rings. The lowest BCUT2D eigenvalue weighted by molar-refractivity contribution is -0.152. The molecule has 0 aromatic heterocycles. The fraction of sp³-hybridized carbons (Fsp3) is 0.562. The molecule has 0 radical (unpaired) electrons. The van der Waals surface area contributed by atoms with Crippen LogP contribution in [0.15, 0.2) is 28.7 Å². The van der Waals surface area contributed by atoms with E-state index in [1.165, 1.54) is 12.0 Å². The first-order valence-corrected chi connectivity index (χ1v) is 7.97. The smallest absolute Gasteiger partial charge is 0.310 e. The first-order valence-electron chi connectivity index (χ1n) is 7.18. The molecule has 0 heterocycles. The standard InChI is InChI=1S/C16H22BrNO2/c1-18(11-13-6-5-7-14(17)10-13)12-16(15(19)20)8-3-2-4-9-16/h5-7,10H,2-4,8-9,11-12H2,1H3,(H,19,20). The summed E-state index contributed by atoms with van der Waals surface area (Å²) in [5, 5.41) is 9.61. The van der Waals surface area contributed by atoms with Gasteiger partial charge in [-0.2, -0.15) is 0 Å². The van der Waals surface area contributed by atoms with Crippen LogP contribution in [0.1, 0.15) is 37.7 Å². The molecule has 2 rings (SSSR count). The quantitative estimate of drug-likeness (QED) is 0.883. The number of hydrogen-bond donors (Lipinski definition) is 1. The SMILES string of the molecule is CN(Cc1cccc(Br)c1)CC1(C(=O)O)CCCCC1. The molecule has 1 aromatic carbocycles. The maximum atomic E-state index is 11.7. The predicted molar refractivity (Wildman–Crippen MR) is 83.6 cm³/mol. The molecule has 110 valence electrons. The molecule has 0 bridgehead atoms. The van der Waals surface area contributed by atoms with E-state index in [-0.39, 0.29) is 0 Å². The minimum absolute atomic E-state index is 0.543. The number of aliphatic carboxylic acids is 1. The second-order valence-corrected chi connectivity index (χ2v) is 6.86. The van der Waals surface area contributed by atoms with Crippen LogP contribution in [-0.4, -0.2) is 29.6 Å². The van der Waals surface area contributed by atoms with Crippen molar-refractivity contribution in [2.45, 2.75) is 38.6 Å². The summed E-state index contributed by atoms with van der Waals surface area (Å²) in [6, 6.07) is 8.19. The van der Waals surface area contributed by atoms with Crippen molar-refractivity contribution < 1.29 is 9.90 Å². The Bertz CT molecular complexity index is 469. The van der Waals surface area contributed by atoms with Crippen LogP contribution in [0.4, 0.5) is 0 Å². The van der Waals surface area contributed by atoms with Gasteiger partial charge in [0.2, 0.25) is 0 Å². The Morgan fingerprint density at radius 3 is 2.65 bits per heavy atom. The number of nitrogens with zero attached hydrogens (tertiary/aromatic N) is 1. The third kappa shape index (κ3) is 3.83. The number of carboxylic acid groups (broad SMARTS) is 1. The zero-order chi connectivity index (χ0) is 14.6. The molecule has 1 saturated carbocycles. The second kappa shape index (κ2) is 6.72. The first kappa shape index (κ1) is 15.5. The zero-order valence-corrected chi connectivity index (χ0v) is 13.5. The van der Waals surface area contributed by atoms with Gasteiger partial charge in [-0.3, -0.25) is 4.79 Å². The average molecular weight is 340 g/mol. The van der Waals surface area contributed by atoms with Gasteiger partial charge in [-0.05, 0) is 37.6 Å². The summed E-state index contributed by atoms with van der Waals surface area (Å²) in [6.07, 6.45) is 4.87. The van der Waals surface area contributed by atoms with Gasteiger partial charge >= 0.3 is 5.97 Å². The summed E-state index contributed by atoms with van der Waals surface area (Å²) in [6.45, 7) is 1.42. The molecule has 0 atom stereocenters. The minimum Gasteiger partial charge on any atom is -0.481 e. The van der Waals surface area contributed by atoms with Gasteiger partial charge in [0, 0.05) is 17.6 Å². The average Bonchev–Trinajstić information content (AvgIpc) is 2.39. The van der Waals surface area contributed by atoms with Crippen molar-refractivity contribution in [2.24, 2.45) is 5.41 Å². The highest BCUT2D eigenvalue weighted by atomic mass is 79.9. The number of benzene rings is 1. The molecule has 0 unspecified atom stereocenters. The van der Waals surface area contributed by atoms with E-state index in [9.17, 15) is 9.90 Å². The van der Waals surface area contributed by atoms with E-state index in [4.69, 9.17) is 0 Å². The summed E-state index contributed by atoms with van der Waals surface area (Å²) in [5.74, 6) is -0.627. The molecule has 1 aliphatic rings. The van der Waals surface area contributed by atoms with Crippen LogP contribution in [0, 0.1) is 5.41 Å².